The Morgan fingerprint density at radius 1 is 1.33 bits per heavy atom. The molecule has 5 nitrogen and oxygen atoms in total. The average Bonchev–Trinajstić information content (AvgIpc) is 3.03. The summed E-state index contributed by atoms with van der Waals surface area (Å²) in [4.78, 5) is 16.5. The number of aromatic carboxylic acids is 1. The van der Waals surface area contributed by atoms with Crippen molar-refractivity contribution in [2.45, 2.75) is 17.9 Å². The quantitative estimate of drug-likeness (QED) is 0.637. The maximum absolute atomic E-state index is 11.0. The second kappa shape index (κ2) is 7.21. The van der Waals surface area contributed by atoms with E-state index in [0.29, 0.717) is 0 Å². The molecule has 0 radical (unpaired) electrons. The normalized spacial score (nSPS) is 12.2. The largest absolute Gasteiger partial charge is 0.497 e. The predicted molar refractivity (Wildman–Crippen MR) is 97.0 cm³/mol. The van der Waals surface area contributed by atoms with Crippen molar-refractivity contribution in [3.05, 3.63) is 53.0 Å². The number of benzene rings is 2. The van der Waals surface area contributed by atoms with Crippen LogP contribution in [0.2, 0.25) is 0 Å². The number of carboxylic acid groups (broad SMARTS) is 1. The molecular formula is C17H16N2O3S2. The second-order valence-corrected chi connectivity index (χ2v) is 7.13. The summed E-state index contributed by atoms with van der Waals surface area (Å²) in [6.45, 7) is 2.03. The van der Waals surface area contributed by atoms with Crippen LogP contribution in [0.4, 0.5) is 0 Å². The molecule has 0 aliphatic heterocycles. The molecule has 0 amide bonds. The van der Waals surface area contributed by atoms with Crippen LogP contribution in [0.1, 0.15) is 28.3 Å². The Bertz CT molecular complexity index is 879. The van der Waals surface area contributed by atoms with E-state index in [1.165, 1.54) is 11.9 Å². The third kappa shape index (κ3) is 3.69. The SMILES string of the molecule is COc1ccc2nc(C(C)NSc3cccc(C(=O)O)c3)sc2c1. The summed E-state index contributed by atoms with van der Waals surface area (Å²) in [6, 6.07) is 12.7. The van der Waals surface area contributed by atoms with Gasteiger partial charge >= 0.3 is 5.97 Å². The fraction of sp³-hybridized carbons (Fsp3) is 0.176. The van der Waals surface area contributed by atoms with E-state index in [1.54, 1.807) is 36.6 Å². The van der Waals surface area contributed by atoms with Gasteiger partial charge in [-0.25, -0.2) is 9.78 Å². The van der Waals surface area contributed by atoms with E-state index in [4.69, 9.17) is 9.84 Å². The summed E-state index contributed by atoms with van der Waals surface area (Å²) >= 11 is 3.02. The van der Waals surface area contributed by atoms with Gasteiger partial charge in [-0.2, -0.15) is 0 Å². The molecule has 0 saturated heterocycles. The smallest absolute Gasteiger partial charge is 0.335 e. The van der Waals surface area contributed by atoms with E-state index in [2.05, 4.69) is 9.71 Å². The average molecular weight is 360 g/mol. The van der Waals surface area contributed by atoms with Crippen LogP contribution >= 0.6 is 23.3 Å². The molecule has 1 heterocycles. The predicted octanol–water partition coefficient (Wildman–Crippen LogP) is 4.36. The maximum Gasteiger partial charge on any atom is 0.335 e. The van der Waals surface area contributed by atoms with Crippen molar-refractivity contribution >= 4 is 39.5 Å². The van der Waals surface area contributed by atoms with Gasteiger partial charge in [0, 0.05) is 4.90 Å². The van der Waals surface area contributed by atoms with E-state index in [1.807, 2.05) is 31.2 Å². The molecular weight excluding hydrogens is 344 g/mol. The Kier molecular flexibility index (Phi) is 5.03. The van der Waals surface area contributed by atoms with E-state index >= 15 is 0 Å². The summed E-state index contributed by atoms with van der Waals surface area (Å²) in [6.07, 6.45) is 0. The number of aromatic nitrogens is 1. The molecule has 1 atom stereocenters. The van der Waals surface area contributed by atoms with Gasteiger partial charge in [-0.15, -0.1) is 11.3 Å². The first-order valence-electron chi connectivity index (χ1n) is 7.27. The summed E-state index contributed by atoms with van der Waals surface area (Å²) in [7, 11) is 1.65. The van der Waals surface area contributed by atoms with E-state index in [0.717, 1.165) is 25.9 Å². The van der Waals surface area contributed by atoms with Gasteiger partial charge in [0.2, 0.25) is 0 Å². The van der Waals surface area contributed by atoms with Crippen LogP contribution in [0.5, 0.6) is 5.75 Å². The van der Waals surface area contributed by atoms with Crippen molar-refractivity contribution in [3.8, 4) is 5.75 Å². The lowest BCUT2D eigenvalue weighted by atomic mass is 10.2. The molecule has 2 aromatic carbocycles. The number of methoxy groups -OCH3 is 1. The van der Waals surface area contributed by atoms with Gasteiger partial charge in [-0.1, -0.05) is 6.07 Å². The molecule has 0 bridgehead atoms. The third-order valence-electron chi connectivity index (χ3n) is 3.42. The molecule has 2 N–H and O–H groups in total. The van der Waals surface area contributed by atoms with Gasteiger partial charge in [-0.05, 0) is 55.3 Å². The fourth-order valence-corrected chi connectivity index (χ4v) is 3.96. The molecule has 24 heavy (non-hydrogen) atoms. The number of thiazole rings is 1. The van der Waals surface area contributed by atoms with Gasteiger partial charge in [0.05, 0.1) is 28.9 Å². The number of nitrogens with one attached hydrogen (secondary N) is 1. The van der Waals surface area contributed by atoms with Crippen LogP contribution in [0.3, 0.4) is 0 Å². The molecule has 0 fully saturated rings. The number of hydrogen-bond donors (Lipinski definition) is 2. The Labute approximate surface area is 147 Å². The standard InChI is InChI=1S/C17H16N2O3S2/c1-10(19-24-13-5-3-4-11(8-13)17(20)21)16-18-14-7-6-12(22-2)9-15(14)23-16/h3-10,19H,1-2H3,(H,20,21). The van der Waals surface area contributed by atoms with Gasteiger partial charge in [0.1, 0.15) is 10.8 Å². The number of ether oxygens (including phenoxy) is 1. The van der Waals surface area contributed by atoms with Crippen LogP contribution < -0.4 is 9.46 Å². The lowest BCUT2D eigenvalue weighted by molar-refractivity contribution is 0.0696. The maximum atomic E-state index is 11.0. The number of rotatable bonds is 6. The Hall–Kier alpha value is -2.09. The van der Waals surface area contributed by atoms with Crippen molar-refractivity contribution in [2.24, 2.45) is 0 Å². The third-order valence-corrected chi connectivity index (χ3v) is 5.58. The van der Waals surface area contributed by atoms with Gasteiger partial charge < -0.3 is 9.84 Å². The molecule has 0 aliphatic rings. The van der Waals surface area contributed by atoms with E-state index in [9.17, 15) is 4.79 Å². The highest BCUT2D eigenvalue weighted by Crippen LogP contribution is 2.30. The number of hydrogen-bond acceptors (Lipinski definition) is 6. The highest BCUT2D eigenvalue weighted by Gasteiger charge is 2.13. The van der Waals surface area contributed by atoms with Crippen molar-refractivity contribution in [3.63, 3.8) is 0 Å². The summed E-state index contributed by atoms with van der Waals surface area (Å²) in [5, 5.41) is 10.0. The van der Waals surface area contributed by atoms with Crippen molar-refractivity contribution in [2.75, 3.05) is 7.11 Å². The number of nitrogens with zero attached hydrogens (tertiary/aromatic N) is 1. The number of carboxylic acids is 1. The van der Waals surface area contributed by atoms with Crippen LogP contribution in [0.15, 0.2) is 47.4 Å². The number of fused-ring (bicyclic) bond motifs is 1. The Morgan fingerprint density at radius 3 is 2.92 bits per heavy atom. The minimum absolute atomic E-state index is 0.0341. The van der Waals surface area contributed by atoms with Gasteiger partial charge in [-0.3, -0.25) is 4.72 Å². The zero-order valence-corrected chi connectivity index (χ0v) is 14.8. The summed E-state index contributed by atoms with van der Waals surface area (Å²) < 4.78 is 9.63. The van der Waals surface area contributed by atoms with Crippen molar-refractivity contribution < 1.29 is 14.6 Å². The molecule has 0 saturated carbocycles. The van der Waals surface area contributed by atoms with Gasteiger partial charge in [0.15, 0.2) is 0 Å². The molecule has 3 aromatic rings. The molecule has 1 aromatic heterocycles. The molecule has 0 aliphatic carbocycles. The molecule has 3 rings (SSSR count). The monoisotopic (exact) mass is 360 g/mol. The zero-order valence-electron chi connectivity index (χ0n) is 13.1. The summed E-state index contributed by atoms with van der Waals surface area (Å²) in [5.41, 5.74) is 1.23. The van der Waals surface area contributed by atoms with Crippen LogP contribution in [-0.2, 0) is 0 Å². The van der Waals surface area contributed by atoms with Crippen molar-refractivity contribution in [1.29, 1.82) is 0 Å². The zero-order chi connectivity index (χ0) is 17.1. The first kappa shape index (κ1) is 16.8. The van der Waals surface area contributed by atoms with Crippen LogP contribution in [0, 0.1) is 0 Å². The highest BCUT2D eigenvalue weighted by molar-refractivity contribution is 7.97. The lowest BCUT2D eigenvalue weighted by Gasteiger charge is -2.10. The fourth-order valence-electron chi connectivity index (χ4n) is 2.13. The first-order valence-corrected chi connectivity index (χ1v) is 8.90. The Morgan fingerprint density at radius 2 is 2.17 bits per heavy atom. The van der Waals surface area contributed by atoms with Crippen LogP contribution in [-0.4, -0.2) is 23.2 Å². The summed E-state index contributed by atoms with van der Waals surface area (Å²) in [5.74, 6) is -0.108. The molecule has 7 heteroatoms. The highest BCUT2D eigenvalue weighted by atomic mass is 32.2. The second-order valence-electron chi connectivity index (χ2n) is 5.16. The van der Waals surface area contributed by atoms with Gasteiger partial charge in [0.25, 0.3) is 0 Å². The number of carbonyl (C=O) groups is 1. The molecule has 0 spiro atoms. The first-order chi connectivity index (χ1) is 11.6. The minimum atomic E-state index is -0.925. The van der Waals surface area contributed by atoms with Crippen LogP contribution in [0.25, 0.3) is 10.2 Å². The van der Waals surface area contributed by atoms with E-state index in [-0.39, 0.29) is 11.6 Å². The van der Waals surface area contributed by atoms with Crippen molar-refractivity contribution in [1.82, 2.24) is 9.71 Å². The Balaban J connectivity index is 1.71. The molecule has 124 valence electrons. The molecule has 1 unspecified atom stereocenters. The van der Waals surface area contributed by atoms with E-state index < -0.39 is 5.97 Å². The lowest BCUT2D eigenvalue weighted by Crippen LogP contribution is -2.09. The topological polar surface area (TPSA) is 71.5 Å². The minimum Gasteiger partial charge on any atom is -0.497 e.